The van der Waals surface area contributed by atoms with Gasteiger partial charge in [0, 0.05) is 17.5 Å². The summed E-state index contributed by atoms with van der Waals surface area (Å²) in [5.41, 5.74) is 2.72. The molecule has 172 valence electrons. The molecule has 0 atom stereocenters. The molecule has 3 amide bonds. The van der Waals surface area contributed by atoms with Crippen LogP contribution in [0.3, 0.4) is 0 Å². The van der Waals surface area contributed by atoms with E-state index in [2.05, 4.69) is 5.32 Å². The molecule has 0 spiro atoms. The van der Waals surface area contributed by atoms with Crippen molar-refractivity contribution in [3.8, 4) is 0 Å². The lowest BCUT2D eigenvalue weighted by Gasteiger charge is -2.14. The minimum atomic E-state index is -0.637. The van der Waals surface area contributed by atoms with E-state index in [0.29, 0.717) is 33.7 Å². The molecule has 3 rings (SSSR count). The fourth-order valence-corrected chi connectivity index (χ4v) is 4.71. The minimum Gasteiger partial charge on any atom is -0.396 e. The van der Waals surface area contributed by atoms with Crippen molar-refractivity contribution in [1.82, 2.24) is 4.90 Å². The molecule has 0 saturated carbocycles. The van der Waals surface area contributed by atoms with Crippen molar-refractivity contribution < 1.29 is 24.4 Å². The quantitative estimate of drug-likeness (QED) is 0.248. The number of amides is 3. The molecule has 0 bridgehead atoms. The largest absolute Gasteiger partial charge is 0.396 e. The zero-order chi connectivity index (χ0) is 24.1. The van der Waals surface area contributed by atoms with Crippen LogP contribution in [0, 0.1) is 24.0 Å². The number of aryl methyl sites for hydroxylation is 2. The number of thioether (sulfide) groups is 2. The average molecular weight is 488 g/mol. The highest BCUT2D eigenvalue weighted by Gasteiger charge is 2.36. The van der Waals surface area contributed by atoms with E-state index in [9.17, 15) is 24.5 Å². The third-order valence-corrected chi connectivity index (χ3v) is 6.61. The van der Waals surface area contributed by atoms with Gasteiger partial charge >= 0.3 is 0 Å². The van der Waals surface area contributed by atoms with Gasteiger partial charge in [0.05, 0.1) is 21.3 Å². The SMILES string of the molecule is Cc1ccc(NC(=O)CN2C(=O)S/C(=C\c3ccc(SCCO)c([N+](=O)[O-])c3)C2=O)c(C)c1. The monoisotopic (exact) mass is 487 g/mol. The Hall–Kier alpha value is -3.15. The predicted octanol–water partition coefficient (Wildman–Crippen LogP) is 3.97. The summed E-state index contributed by atoms with van der Waals surface area (Å²) in [6.45, 7) is 3.22. The number of nitrogens with zero attached hydrogens (tertiary/aromatic N) is 2. The molecule has 2 aromatic rings. The van der Waals surface area contributed by atoms with Gasteiger partial charge in [0.1, 0.15) is 6.54 Å². The molecule has 2 aromatic carbocycles. The van der Waals surface area contributed by atoms with E-state index in [0.717, 1.165) is 27.8 Å². The second kappa shape index (κ2) is 10.6. The van der Waals surface area contributed by atoms with Crippen LogP contribution in [0.2, 0.25) is 0 Å². The Morgan fingerprint density at radius 2 is 2.00 bits per heavy atom. The number of anilines is 1. The van der Waals surface area contributed by atoms with Gasteiger partial charge in [-0.25, -0.2) is 0 Å². The molecular formula is C22H21N3O6S2. The number of imide groups is 1. The number of hydrogen-bond acceptors (Lipinski definition) is 8. The molecule has 0 radical (unpaired) electrons. The lowest BCUT2D eigenvalue weighted by atomic mass is 10.1. The van der Waals surface area contributed by atoms with E-state index >= 15 is 0 Å². The number of carbonyl (C=O) groups excluding carboxylic acids is 3. The van der Waals surface area contributed by atoms with Gasteiger partial charge in [0.2, 0.25) is 5.91 Å². The minimum absolute atomic E-state index is 0.0735. The molecular weight excluding hydrogens is 466 g/mol. The van der Waals surface area contributed by atoms with Crippen molar-refractivity contribution >= 4 is 58.0 Å². The first-order valence-electron chi connectivity index (χ1n) is 9.84. The van der Waals surface area contributed by atoms with Gasteiger partial charge < -0.3 is 10.4 Å². The molecule has 1 fully saturated rings. The Bertz CT molecular complexity index is 1160. The summed E-state index contributed by atoms with van der Waals surface area (Å²) < 4.78 is 0. The Morgan fingerprint density at radius 1 is 1.24 bits per heavy atom. The summed E-state index contributed by atoms with van der Waals surface area (Å²) in [7, 11) is 0. The molecule has 0 aliphatic carbocycles. The maximum Gasteiger partial charge on any atom is 0.294 e. The smallest absolute Gasteiger partial charge is 0.294 e. The van der Waals surface area contributed by atoms with Gasteiger partial charge in [-0.05, 0) is 54.9 Å². The molecule has 0 unspecified atom stereocenters. The van der Waals surface area contributed by atoms with E-state index in [1.807, 2.05) is 26.0 Å². The summed E-state index contributed by atoms with van der Waals surface area (Å²) >= 11 is 1.82. The predicted molar refractivity (Wildman–Crippen MR) is 128 cm³/mol. The number of carbonyl (C=O) groups is 3. The van der Waals surface area contributed by atoms with Crippen LogP contribution in [0.15, 0.2) is 46.2 Å². The lowest BCUT2D eigenvalue weighted by Crippen LogP contribution is -2.36. The molecule has 1 aliphatic heterocycles. The second-order valence-electron chi connectivity index (χ2n) is 7.19. The van der Waals surface area contributed by atoms with Crippen LogP contribution in [-0.4, -0.2) is 50.9 Å². The zero-order valence-corrected chi connectivity index (χ0v) is 19.5. The Kier molecular flexibility index (Phi) is 7.90. The Balaban J connectivity index is 1.74. The van der Waals surface area contributed by atoms with Crippen molar-refractivity contribution in [3.05, 3.63) is 68.1 Å². The van der Waals surface area contributed by atoms with Crippen LogP contribution < -0.4 is 5.32 Å². The van der Waals surface area contributed by atoms with E-state index in [1.165, 1.54) is 18.2 Å². The van der Waals surface area contributed by atoms with Crippen LogP contribution in [0.4, 0.5) is 16.2 Å². The zero-order valence-electron chi connectivity index (χ0n) is 17.9. The van der Waals surface area contributed by atoms with Crippen molar-refractivity contribution in [3.63, 3.8) is 0 Å². The van der Waals surface area contributed by atoms with Gasteiger partial charge in [-0.15, -0.1) is 11.8 Å². The van der Waals surface area contributed by atoms with Crippen LogP contribution in [-0.2, 0) is 9.59 Å². The van der Waals surface area contributed by atoms with Gasteiger partial charge in [0.15, 0.2) is 0 Å². The number of hydrogen-bond donors (Lipinski definition) is 2. The summed E-state index contributed by atoms with van der Waals surface area (Å²) in [5.74, 6) is -0.836. The first-order chi connectivity index (χ1) is 15.7. The number of rotatable bonds is 8. The van der Waals surface area contributed by atoms with E-state index < -0.39 is 28.5 Å². The molecule has 33 heavy (non-hydrogen) atoms. The topological polar surface area (TPSA) is 130 Å². The summed E-state index contributed by atoms with van der Waals surface area (Å²) in [6.07, 6.45) is 1.39. The summed E-state index contributed by atoms with van der Waals surface area (Å²) in [6, 6.07) is 9.94. The van der Waals surface area contributed by atoms with Crippen LogP contribution >= 0.6 is 23.5 Å². The highest BCUT2D eigenvalue weighted by atomic mass is 32.2. The fourth-order valence-electron chi connectivity index (χ4n) is 3.12. The van der Waals surface area contributed by atoms with Gasteiger partial charge in [0.25, 0.3) is 16.8 Å². The molecule has 2 N–H and O–H groups in total. The van der Waals surface area contributed by atoms with Crippen molar-refractivity contribution in [1.29, 1.82) is 0 Å². The normalized spacial score (nSPS) is 14.8. The number of nitro groups is 1. The number of nitrogens with one attached hydrogen (secondary N) is 1. The van der Waals surface area contributed by atoms with Crippen molar-refractivity contribution in [2.75, 3.05) is 24.2 Å². The van der Waals surface area contributed by atoms with Gasteiger partial charge in [-0.2, -0.15) is 0 Å². The highest BCUT2D eigenvalue weighted by Crippen LogP contribution is 2.35. The summed E-state index contributed by atoms with van der Waals surface area (Å²) in [4.78, 5) is 49.6. The van der Waals surface area contributed by atoms with Gasteiger partial charge in [-0.1, -0.05) is 23.8 Å². The van der Waals surface area contributed by atoms with E-state index in [4.69, 9.17) is 5.11 Å². The number of nitro benzene ring substituents is 1. The fraction of sp³-hybridized carbons (Fsp3) is 0.227. The number of aliphatic hydroxyl groups is 1. The van der Waals surface area contributed by atoms with Crippen molar-refractivity contribution in [2.45, 2.75) is 18.7 Å². The van der Waals surface area contributed by atoms with Crippen LogP contribution in [0.25, 0.3) is 6.08 Å². The van der Waals surface area contributed by atoms with Crippen LogP contribution in [0.5, 0.6) is 0 Å². The first kappa shape index (κ1) is 24.5. The molecule has 1 saturated heterocycles. The second-order valence-corrected chi connectivity index (χ2v) is 9.32. The average Bonchev–Trinajstić information content (AvgIpc) is 3.02. The maximum atomic E-state index is 12.7. The van der Waals surface area contributed by atoms with Crippen molar-refractivity contribution in [2.24, 2.45) is 0 Å². The maximum absolute atomic E-state index is 12.7. The number of benzene rings is 2. The standard InChI is InChI=1S/C22H21N3O6S2/c1-13-3-5-16(14(2)9-13)23-20(27)12-24-21(28)19(33-22(24)29)11-15-4-6-18(32-8-7-26)17(10-15)25(30)31/h3-6,9-11,26H,7-8,12H2,1-2H3,(H,23,27)/b19-11-. The van der Waals surface area contributed by atoms with E-state index in [1.54, 1.807) is 12.1 Å². The summed E-state index contributed by atoms with van der Waals surface area (Å²) in [5, 5.41) is 22.4. The molecule has 1 aliphatic rings. The first-order valence-corrected chi connectivity index (χ1v) is 11.6. The molecule has 0 aromatic heterocycles. The van der Waals surface area contributed by atoms with Crippen LogP contribution in [0.1, 0.15) is 16.7 Å². The molecule has 1 heterocycles. The highest BCUT2D eigenvalue weighted by molar-refractivity contribution is 8.18. The Morgan fingerprint density at radius 3 is 2.67 bits per heavy atom. The van der Waals surface area contributed by atoms with E-state index in [-0.39, 0.29) is 17.2 Å². The third-order valence-electron chi connectivity index (χ3n) is 4.66. The Labute approximate surface area is 198 Å². The van der Waals surface area contributed by atoms with Gasteiger partial charge in [-0.3, -0.25) is 29.4 Å². The third kappa shape index (κ3) is 6.01. The molecule has 9 nitrogen and oxygen atoms in total. The lowest BCUT2D eigenvalue weighted by molar-refractivity contribution is -0.387. The molecule has 11 heteroatoms. The number of aliphatic hydroxyl groups excluding tert-OH is 1.